The molecule has 0 amide bonds. The molecule has 0 aliphatic rings. The van der Waals surface area contributed by atoms with Crippen LogP contribution >= 0.6 is 22.9 Å². The van der Waals surface area contributed by atoms with Crippen LogP contribution in [0.25, 0.3) is 0 Å². The molecule has 2 unspecified atom stereocenters. The largest absolute Gasteiger partial charge is 0.312 e. The summed E-state index contributed by atoms with van der Waals surface area (Å²) in [6.45, 7) is 4.45. The topological polar surface area (TPSA) is 12.0 Å². The van der Waals surface area contributed by atoms with E-state index in [1.807, 2.05) is 18.5 Å². The van der Waals surface area contributed by atoms with E-state index in [0.717, 1.165) is 5.02 Å². The Balaban J connectivity index is 2.84. The van der Waals surface area contributed by atoms with Crippen molar-refractivity contribution in [2.75, 3.05) is 7.05 Å². The van der Waals surface area contributed by atoms with Crippen LogP contribution in [0.3, 0.4) is 0 Å². The first-order valence-electron chi connectivity index (χ1n) is 4.60. The highest BCUT2D eigenvalue weighted by Crippen LogP contribution is 2.33. The van der Waals surface area contributed by atoms with Gasteiger partial charge in [0.1, 0.15) is 0 Å². The number of hydrogen-bond acceptors (Lipinski definition) is 2. The van der Waals surface area contributed by atoms with Crippen LogP contribution in [0.5, 0.6) is 0 Å². The minimum absolute atomic E-state index is 0.400. The van der Waals surface area contributed by atoms with E-state index in [1.165, 1.54) is 11.3 Å². The Labute approximate surface area is 89.1 Å². The highest BCUT2D eigenvalue weighted by molar-refractivity contribution is 7.10. The van der Waals surface area contributed by atoms with E-state index in [4.69, 9.17) is 11.6 Å². The van der Waals surface area contributed by atoms with Crippen LogP contribution in [-0.4, -0.2) is 7.05 Å². The average Bonchev–Trinajstić information content (AvgIpc) is 2.53. The SMILES string of the molecule is CCC(C)C(NC)c1sccc1Cl. The molecule has 0 aliphatic heterocycles. The number of nitrogens with one attached hydrogen (secondary N) is 1. The highest BCUT2D eigenvalue weighted by Gasteiger charge is 2.19. The molecule has 1 aromatic rings. The predicted octanol–water partition coefficient (Wildman–Crippen LogP) is 3.71. The second-order valence-electron chi connectivity index (χ2n) is 3.28. The zero-order valence-electron chi connectivity index (χ0n) is 8.30. The van der Waals surface area contributed by atoms with Gasteiger partial charge in [-0.25, -0.2) is 0 Å². The van der Waals surface area contributed by atoms with E-state index in [-0.39, 0.29) is 0 Å². The van der Waals surface area contributed by atoms with Gasteiger partial charge < -0.3 is 5.32 Å². The van der Waals surface area contributed by atoms with Crippen LogP contribution < -0.4 is 5.32 Å². The third kappa shape index (κ3) is 2.46. The number of rotatable bonds is 4. The van der Waals surface area contributed by atoms with Crippen molar-refractivity contribution in [3.8, 4) is 0 Å². The minimum Gasteiger partial charge on any atom is -0.312 e. The molecular weight excluding hydrogens is 202 g/mol. The molecule has 0 aliphatic carbocycles. The molecule has 0 radical (unpaired) electrons. The molecule has 0 saturated carbocycles. The van der Waals surface area contributed by atoms with Crippen LogP contribution in [0.4, 0.5) is 0 Å². The van der Waals surface area contributed by atoms with Crippen molar-refractivity contribution in [2.24, 2.45) is 5.92 Å². The smallest absolute Gasteiger partial charge is 0.0561 e. The maximum atomic E-state index is 6.08. The van der Waals surface area contributed by atoms with Crippen LogP contribution in [0.2, 0.25) is 5.02 Å². The number of hydrogen-bond donors (Lipinski definition) is 1. The lowest BCUT2D eigenvalue weighted by Crippen LogP contribution is -2.22. The van der Waals surface area contributed by atoms with Gasteiger partial charge >= 0.3 is 0 Å². The molecule has 1 nitrogen and oxygen atoms in total. The summed E-state index contributed by atoms with van der Waals surface area (Å²) in [5.74, 6) is 0.626. The third-order valence-corrected chi connectivity index (χ3v) is 3.89. The van der Waals surface area contributed by atoms with Crippen molar-refractivity contribution in [3.05, 3.63) is 21.3 Å². The van der Waals surface area contributed by atoms with Crippen LogP contribution in [0, 0.1) is 5.92 Å². The minimum atomic E-state index is 0.400. The second kappa shape index (κ2) is 4.99. The maximum Gasteiger partial charge on any atom is 0.0561 e. The zero-order chi connectivity index (χ0) is 9.84. The van der Waals surface area contributed by atoms with Crippen LogP contribution in [0.15, 0.2) is 11.4 Å². The molecule has 0 saturated heterocycles. The van der Waals surface area contributed by atoms with Gasteiger partial charge in [-0.15, -0.1) is 11.3 Å². The van der Waals surface area contributed by atoms with Gasteiger partial charge in [-0.3, -0.25) is 0 Å². The maximum absolute atomic E-state index is 6.08. The molecule has 1 rings (SSSR count). The molecule has 0 aromatic carbocycles. The first-order chi connectivity index (χ1) is 6.20. The van der Waals surface area contributed by atoms with E-state index in [9.17, 15) is 0 Å². The lowest BCUT2D eigenvalue weighted by Gasteiger charge is -2.21. The van der Waals surface area contributed by atoms with Gasteiger partial charge in [-0.1, -0.05) is 31.9 Å². The molecule has 0 bridgehead atoms. The number of halogens is 1. The molecular formula is C10H16ClNS. The Bertz CT molecular complexity index is 259. The quantitative estimate of drug-likeness (QED) is 0.811. The molecule has 2 atom stereocenters. The first kappa shape index (κ1) is 11.0. The van der Waals surface area contributed by atoms with Crippen molar-refractivity contribution in [1.29, 1.82) is 0 Å². The second-order valence-corrected chi connectivity index (χ2v) is 4.64. The zero-order valence-corrected chi connectivity index (χ0v) is 9.88. The molecule has 3 heteroatoms. The molecule has 0 fully saturated rings. The van der Waals surface area contributed by atoms with Crippen molar-refractivity contribution in [1.82, 2.24) is 5.32 Å². The van der Waals surface area contributed by atoms with Crippen LogP contribution in [-0.2, 0) is 0 Å². The summed E-state index contributed by atoms with van der Waals surface area (Å²) in [5.41, 5.74) is 0. The van der Waals surface area contributed by atoms with Crippen molar-refractivity contribution in [2.45, 2.75) is 26.3 Å². The Morgan fingerprint density at radius 1 is 1.62 bits per heavy atom. The van der Waals surface area contributed by atoms with Gasteiger partial charge in [0.25, 0.3) is 0 Å². The fourth-order valence-corrected chi connectivity index (χ4v) is 2.85. The normalized spacial score (nSPS) is 15.7. The van der Waals surface area contributed by atoms with Gasteiger partial charge in [-0.2, -0.15) is 0 Å². The average molecular weight is 218 g/mol. The monoisotopic (exact) mass is 217 g/mol. The van der Waals surface area contributed by atoms with Gasteiger partial charge in [0.15, 0.2) is 0 Å². The van der Waals surface area contributed by atoms with Gasteiger partial charge in [0.05, 0.1) is 5.02 Å². The molecule has 74 valence electrons. The fourth-order valence-electron chi connectivity index (χ4n) is 1.44. The third-order valence-electron chi connectivity index (χ3n) is 2.45. The van der Waals surface area contributed by atoms with Gasteiger partial charge in [0, 0.05) is 10.9 Å². The van der Waals surface area contributed by atoms with E-state index < -0.39 is 0 Å². The first-order valence-corrected chi connectivity index (χ1v) is 5.86. The summed E-state index contributed by atoms with van der Waals surface area (Å²) in [6.07, 6.45) is 1.17. The summed E-state index contributed by atoms with van der Waals surface area (Å²) >= 11 is 7.82. The lowest BCUT2D eigenvalue weighted by atomic mass is 9.98. The summed E-state index contributed by atoms with van der Waals surface area (Å²) in [6, 6.07) is 2.37. The summed E-state index contributed by atoms with van der Waals surface area (Å²) in [4.78, 5) is 1.26. The Kier molecular flexibility index (Phi) is 4.23. The van der Waals surface area contributed by atoms with Crippen LogP contribution in [0.1, 0.15) is 31.2 Å². The molecule has 1 aromatic heterocycles. The van der Waals surface area contributed by atoms with Gasteiger partial charge in [-0.05, 0) is 24.4 Å². The van der Waals surface area contributed by atoms with E-state index in [2.05, 4.69) is 19.2 Å². The van der Waals surface area contributed by atoms with Crippen molar-refractivity contribution in [3.63, 3.8) is 0 Å². The van der Waals surface area contributed by atoms with Crippen molar-refractivity contribution < 1.29 is 0 Å². The molecule has 1 heterocycles. The highest BCUT2D eigenvalue weighted by atomic mass is 35.5. The molecule has 0 spiro atoms. The molecule has 13 heavy (non-hydrogen) atoms. The fraction of sp³-hybridized carbons (Fsp3) is 0.600. The lowest BCUT2D eigenvalue weighted by molar-refractivity contribution is 0.406. The Morgan fingerprint density at radius 2 is 2.31 bits per heavy atom. The van der Waals surface area contributed by atoms with E-state index in [1.54, 1.807) is 11.3 Å². The summed E-state index contributed by atoms with van der Waals surface area (Å²) in [5, 5.41) is 6.26. The predicted molar refractivity (Wildman–Crippen MR) is 60.6 cm³/mol. The van der Waals surface area contributed by atoms with Gasteiger partial charge in [0.2, 0.25) is 0 Å². The van der Waals surface area contributed by atoms with Crippen molar-refractivity contribution >= 4 is 22.9 Å². The Morgan fingerprint density at radius 3 is 2.69 bits per heavy atom. The summed E-state index contributed by atoms with van der Waals surface area (Å²) in [7, 11) is 1.99. The van der Waals surface area contributed by atoms with E-state index >= 15 is 0 Å². The standard InChI is InChI=1S/C10H16ClNS/c1-4-7(2)9(12-3)10-8(11)5-6-13-10/h5-7,9,12H,4H2,1-3H3. The summed E-state index contributed by atoms with van der Waals surface area (Å²) < 4.78 is 0. The number of thiophene rings is 1. The molecule has 1 N–H and O–H groups in total. The Hall–Kier alpha value is -0.0500. The van der Waals surface area contributed by atoms with E-state index in [0.29, 0.717) is 12.0 Å².